The van der Waals surface area contributed by atoms with Crippen LogP contribution >= 0.6 is 0 Å². The van der Waals surface area contributed by atoms with Crippen LogP contribution in [-0.4, -0.2) is 25.2 Å². The van der Waals surface area contributed by atoms with Gasteiger partial charge in [-0.25, -0.2) is 0 Å². The van der Waals surface area contributed by atoms with Crippen LogP contribution in [0.25, 0.3) is 0 Å². The maximum atomic E-state index is 12.1. The van der Waals surface area contributed by atoms with Gasteiger partial charge >= 0.3 is 0 Å². The van der Waals surface area contributed by atoms with E-state index in [0.29, 0.717) is 12.5 Å². The van der Waals surface area contributed by atoms with Gasteiger partial charge in [0.15, 0.2) is 6.61 Å². The largest absolute Gasteiger partial charge is 0.491 e. The molecule has 0 aliphatic rings. The standard InChI is InChI=1S/C24H33NO3/c1-17(2)22-13-8-19(5)15-23(22)27-16-24(26)25-14-6-7-20-9-11-21(12-10-20)28-18(3)4/h8-13,15,17-18H,6-7,14,16H2,1-5H3,(H,25,26). The molecule has 0 aromatic heterocycles. The number of benzene rings is 2. The molecule has 2 rings (SSSR count). The minimum absolute atomic E-state index is 0.0460. The number of rotatable bonds is 10. The van der Waals surface area contributed by atoms with Crippen LogP contribution in [0.5, 0.6) is 11.5 Å². The van der Waals surface area contributed by atoms with Gasteiger partial charge in [-0.05, 0) is 74.4 Å². The summed E-state index contributed by atoms with van der Waals surface area (Å²) >= 11 is 0. The molecule has 0 atom stereocenters. The zero-order valence-corrected chi connectivity index (χ0v) is 17.7. The van der Waals surface area contributed by atoms with Crippen LogP contribution in [0.3, 0.4) is 0 Å². The Bertz CT molecular complexity index is 751. The van der Waals surface area contributed by atoms with Gasteiger partial charge in [-0.2, -0.15) is 0 Å². The molecule has 0 saturated heterocycles. The van der Waals surface area contributed by atoms with Gasteiger partial charge in [0.25, 0.3) is 5.91 Å². The van der Waals surface area contributed by atoms with Gasteiger partial charge in [0.1, 0.15) is 11.5 Å². The Hall–Kier alpha value is -2.49. The lowest BCUT2D eigenvalue weighted by atomic mass is 10.0. The van der Waals surface area contributed by atoms with E-state index >= 15 is 0 Å². The first-order valence-electron chi connectivity index (χ1n) is 10.1. The van der Waals surface area contributed by atoms with Crippen LogP contribution in [0.4, 0.5) is 0 Å². The molecular formula is C24H33NO3. The van der Waals surface area contributed by atoms with Crippen molar-refractivity contribution in [3.63, 3.8) is 0 Å². The van der Waals surface area contributed by atoms with Crippen molar-refractivity contribution in [2.45, 2.75) is 59.5 Å². The fraction of sp³-hybridized carbons (Fsp3) is 0.458. The molecule has 4 nitrogen and oxygen atoms in total. The van der Waals surface area contributed by atoms with Crippen LogP contribution in [0.1, 0.15) is 56.7 Å². The average molecular weight is 384 g/mol. The summed E-state index contributed by atoms with van der Waals surface area (Å²) in [6.07, 6.45) is 1.98. The highest BCUT2D eigenvalue weighted by Crippen LogP contribution is 2.27. The molecule has 0 unspecified atom stereocenters. The molecule has 1 amide bonds. The van der Waals surface area contributed by atoms with Crippen molar-refractivity contribution in [2.24, 2.45) is 0 Å². The first kappa shape index (κ1) is 21.8. The van der Waals surface area contributed by atoms with E-state index in [1.807, 2.05) is 39.0 Å². The number of aryl methyl sites for hydroxylation is 2. The third-order valence-corrected chi connectivity index (χ3v) is 4.41. The number of carbonyl (C=O) groups excluding carboxylic acids is 1. The molecule has 4 heteroatoms. The van der Waals surface area contributed by atoms with Gasteiger partial charge in [0.2, 0.25) is 0 Å². The molecular weight excluding hydrogens is 350 g/mol. The highest BCUT2D eigenvalue weighted by Gasteiger charge is 2.10. The number of nitrogens with one attached hydrogen (secondary N) is 1. The number of ether oxygens (including phenoxy) is 2. The molecule has 0 bridgehead atoms. The van der Waals surface area contributed by atoms with E-state index in [2.05, 4.69) is 43.4 Å². The van der Waals surface area contributed by atoms with Crippen LogP contribution in [-0.2, 0) is 11.2 Å². The van der Waals surface area contributed by atoms with Crippen molar-refractivity contribution >= 4 is 5.91 Å². The van der Waals surface area contributed by atoms with Crippen LogP contribution in [0.15, 0.2) is 42.5 Å². The van der Waals surface area contributed by atoms with Gasteiger partial charge in [0, 0.05) is 6.54 Å². The van der Waals surface area contributed by atoms with E-state index in [0.717, 1.165) is 35.5 Å². The van der Waals surface area contributed by atoms with Crippen molar-refractivity contribution in [2.75, 3.05) is 13.2 Å². The first-order valence-corrected chi connectivity index (χ1v) is 10.1. The molecule has 0 aliphatic heterocycles. The summed E-state index contributed by atoms with van der Waals surface area (Å²) in [6.45, 7) is 11.0. The summed E-state index contributed by atoms with van der Waals surface area (Å²) < 4.78 is 11.4. The Morgan fingerprint density at radius 1 is 1.04 bits per heavy atom. The highest BCUT2D eigenvalue weighted by atomic mass is 16.5. The molecule has 28 heavy (non-hydrogen) atoms. The predicted octanol–water partition coefficient (Wildman–Crippen LogP) is 5.03. The fourth-order valence-electron chi connectivity index (χ4n) is 2.97. The van der Waals surface area contributed by atoms with Crippen molar-refractivity contribution in [1.82, 2.24) is 5.32 Å². The molecule has 152 valence electrons. The zero-order chi connectivity index (χ0) is 20.5. The zero-order valence-electron chi connectivity index (χ0n) is 17.7. The van der Waals surface area contributed by atoms with E-state index in [4.69, 9.17) is 9.47 Å². The number of carbonyl (C=O) groups is 1. The topological polar surface area (TPSA) is 47.6 Å². The average Bonchev–Trinajstić information content (AvgIpc) is 2.64. The second-order valence-electron chi connectivity index (χ2n) is 7.75. The van der Waals surface area contributed by atoms with Crippen LogP contribution < -0.4 is 14.8 Å². The molecule has 0 spiro atoms. The predicted molar refractivity (Wildman–Crippen MR) is 114 cm³/mol. The summed E-state index contributed by atoms with van der Waals surface area (Å²) in [5, 5.41) is 2.94. The first-order chi connectivity index (χ1) is 13.3. The molecule has 0 aliphatic carbocycles. The highest BCUT2D eigenvalue weighted by molar-refractivity contribution is 5.77. The van der Waals surface area contributed by atoms with Crippen molar-refractivity contribution in [1.29, 1.82) is 0 Å². The van der Waals surface area contributed by atoms with Gasteiger partial charge in [-0.3, -0.25) is 4.79 Å². The smallest absolute Gasteiger partial charge is 0.257 e. The van der Waals surface area contributed by atoms with Gasteiger partial charge in [-0.1, -0.05) is 38.1 Å². The lowest BCUT2D eigenvalue weighted by Crippen LogP contribution is -2.30. The van der Waals surface area contributed by atoms with E-state index in [1.165, 1.54) is 5.56 Å². The molecule has 2 aromatic rings. The minimum Gasteiger partial charge on any atom is -0.491 e. The van der Waals surface area contributed by atoms with E-state index in [9.17, 15) is 4.79 Å². The van der Waals surface area contributed by atoms with Gasteiger partial charge in [0.05, 0.1) is 6.10 Å². The van der Waals surface area contributed by atoms with E-state index in [-0.39, 0.29) is 18.6 Å². The second kappa shape index (κ2) is 10.7. The summed E-state index contributed by atoms with van der Waals surface area (Å²) in [5.41, 5.74) is 3.50. The summed E-state index contributed by atoms with van der Waals surface area (Å²) in [4.78, 5) is 12.1. The van der Waals surface area contributed by atoms with E-state index < -0.39 is 0 Å². The Balaban J connectivity index is 1.71. The third-order valence-electron chi connectivity index (χ3n) is 4.41. The molecule has 2 aromatic carbocycles. The maximum Gasteiger partial charge on any atom is 0.257 e. The quantitative estimate of drug-likeness (QED) is 0.585. The van der Waals surface area contributed by atoms with Crippen LogP contribution in [0.2, 0.25) is 0 Å². The normalized spacial score (nSPS) is 11.0. The molecule has 0 fully saturated rings. The van der Waals surface area contributed by atoms with Crippen molar-refractivity contribution in [3.8, 4) is 11.5 Å². The lowest BCUT2D eigenvalue weighted by Gasteiger charge is -2.15. The van der Waals surface area contributed by atoms with Gasteiger partial charge in [-0.15, -0.1) is 0 Å². The summed E-state index contributed by atoms with van der Waals surface area (Å²) in [7, 11) is 0. The molecule has 0 heterocycles. The number of hydrogen-bond donors (Lipinski definition) is 1. The van der Waals surface area contributed by atoms with E-state index in [1.54, 1.807) is 0 Å². The Morgan fingerprint density at radius 3 is 2.39 bits per heavy atom. The fourth-order valence-corrected chi connectivity index (χ4v) is 2.97. The van der Waals surface area contributed by atoms with Crippen molar-refractivity contribution < 1.29 is 14.3 Å². The molecule has 0 saturated carbocycles. The Labute approximate surface area is 169 Å². The lowest BCUT2D eigenvalue weighted by molar-refractivity contribution is -0.123. The summed E-state index contributed by atoms with van der Waals surface area (Å²) in [5.74, 6) is 1.96. The molecule has 0 radical (unpaired) electrons. The monoisotopic (exact) mass is 383 g/mol. The summed E-state index contributed by atoms with van der Waals surface area (Å²) in [6, 6.07) is 14.3. The maximum absolute atomic E-state index is 12.1. The van der Waals surface area contributed by atoms with Crippen LogP contribution in [0, 0.1) is 6.92 Å². The van der Waals surface area contributed by atoms with Gasteiger partial charge < -0.3 is 14.8 Å². The Morgan fingerprint density at radius 2 is 1.75 bits per heavy atom. The second-order valence-corrected chi connectivity index (χ2v) is 7.75. The number of hydrogen-bond acceptors (Lipinski definition) is 3. The Kier molecular flexibility index (Phi) is 8.37. The SMILES string of the molecule is Cc1ccc(C(C)C)c(OCC(=O)NCCCc2ccc(OC(C)C)cc2)c1. The number of amides is 1. The van der Waals surface area contributed by atoms with Crippen molar-refractivity contribution in [3.05, 3.63) is 59.2 Å². The third kappa shape index (κ3) is 7.26. The molecule has 1 N–H and O–H groups in total. The minimum atomic E-state index is -0.0862.